The van der Waals surface area contributed by atoms with E-state index in [9.17, 15) is 17.2 Å². The van der Waals surface area contributed by atoms with Crippen LogP contribution < -0.4 is 5.73 Å². The Hall–Kier alpha value is -1.21. The zero-order chi connectivity index (χ0) is 16.2. The minimum absolute atomic E-state index is 0.296. The predicted molar refractivity (Wildman–Crippen MR) is 79.3 cm³/mol. The molecule has 120 valence electrons. The van der Waals surface area contributed by atoms with Crippen molar-refractivity contribution in [1.29, 1.82) is 0 Å². The van der Waals surface area contributed by atoms with Crippen LogP contribution in [0.15, 0.2) is 17.0 Å². The van der Waals surface area contributed by atoms with Gasteiger partial charge in [-0.25, -0.2) is 17.2 Å². The molecule has 0 aliphatic rings. The van der Waals surface area contributed by atoms with E-state index in [1.54, 1.807) is 13.8 Å². The van der Waals surface area contributed by atoms with Crippen LogP contribution in [-0.2, 0) is 10.0 Å². The number of nitrogens with two attached hydrogens (primary N) is 1. The Bertz CT molecular complexity index is 589. The molecule has 0 aliphatic heterocycles. The van der Waals surface area contributed by atoms with Crippen molar-refractivity contribution in [2.45, 2.75) is 51.0 Å². The highest BCUT2D eigenvalue weighted by Crippen LogP contribution is 2.26. The van der Waals surface area contributed by atoms with Gasteiger partial charge in [-0.3, -0.25) is 0 Å². The van der Waals surface area contributed by atoms with E-state index in [1.807, 2.05) is 6.92 Å². The summed E-state index contributed by atoms with van der Waals surface area (Å²) in [7, 11) is -4.04. The maximum atomic E-state index is 14.0. The van der Waals surface area contributed by atoms with Gasteiger partial charge >= 0.3 is 0 Å². The minimum Gasteiger partial charge on any atom is -0.394 e. The molecule has 4 nitrogen and oxygen atoms in total. The van der Waals surface area contributed by atoms with Gasteiger partial charge in [0.05, 0.1) is 0 Å². The molecule has 0 heterocycles. The monoisotopic (exact) mass is 320 g/mol. The fourth-order valence-corrected chi connectivity index (χ4v) is 3.80. The van der Waals surface area contributed by atoms with Gasteiger partial charge < -0.3 is 5.73 Å². The molecule has 1 aromatic carbocycles. The highest BCUT2D eigenvalue weighted by atomic mass is 32.2. The maximum absolute atomic E-state index is 14.0. The van der Waals surface area contributed by atoms with E-state index in [1.165, 1.54) is 4.31 Å². The van der Waals surface area contributed by atoms with Crippen LogP contribution >= 0.6 is 0 Å². The first kappa shape index (κ1) is 17.8. The van der Waals surface area contributed by atoms with Crippen molar-refractivity contribution in [3.05, 3.63) is 23.8 Å². The number of halogens is 2. The number of hydrogen-bond donors (Lipinski definition) is 1. The van der Waals surface area contributed by atoms with Gasteiger partial charge in [0.2, 0.25) is 10.0 Å². The molecule has 21 heavy (non-hydrogen) atoms. The third kappa shape index (κ3) is 3.91. The van der Waals surface area contributed by atoms with E-state index in [0.29, 0.717) is 13.0 Å². The fourth-order valence-electron chi connectivity index (χ4n) is 2.05. The third-order valence-electron chi connectivity index (χ3n) is 3.24. The molecule has 0 radical (unpaired) electrons. The van der Waals surface area contributed by atoms with E-state index in [2.05, 4.69) is 0 Å². The molecule has 0 fully saturated rings. The Kier molecular flexibility index (Phi) is 6.10. The summed E-state index contributed by atoms with van der Waals surface area (Å²) in [6.07, 6.45) is 2.52. The molecule has 0 spiro atoms. The first-order valence-corrected chi connectivity index (χ1v) is 8.42. The van der Waals surface area contributed by atoms with Crippen LogP contribution in [0.4, 0.5) is 14.5 Å². The zero-order valence-corrected chi connectivity index (χ0v) is 13.4. The summed E-state index contributed by atoms with van der Waals surface area (Å²) in [5, 5.41) is 0. The number of nitrogen functional groups attached to an aromatic ring is 1. The number of anilines is 1. The molecule has 7 heteroatoms. The molecule has 1 aromatic rings. The number of unbranched alkanes of at least 4 members (excludes halogenated alkanes) is 2. The van der Waals surface area contributed by atoms with Crippen molar-refractivity contribution in [3.63, 3.8) is 0 Å². The SMILES string of the molecule is CCCCCN(C(C)C)S(=O)(=O)c1ccc(F)c(N)c1F. The van der Waals surface area contributed by atoms with Gasteiger partial charge in [0.1, 0.15) is 16.4 Å². The summed E-state index contributed by atoms with van der Waals surface area (Å²) >= 11 is 0. The molecule has 2 N–H and O–H groups in total. The smallest absolute Gasteiger partial charge is 0.246 e. The molecular weight excluding hydrogens is 298 g/mol. The molecule has 1 rings (SSSR count). The normalized spacial score (nSPS) is 12.3. The molecule has 0 aliphatic carbocycles. The van der Waals surface area contributed by atoms with Crippen LogP contribution in [0.5, 0.6) is 0 Å². The highest BCUT2D eigenvalue weighted by molar-refractivity contribution is 7.89. The Labute approximate surface area is 125 Å². The molecule has 0 amide bonds. The van der Waals surface area contributed by atoms with Crippen molar-refractivity contribution in [2.24, 2.45) is 0 Å². The number of rotatable bonds is 7. The van der Waals surface area contributed by atoms with Crippen LogP contribution in [0.25, 0.3) is 0 Å². The standard InChI is InChI=1S/C14H22F2N2O2S/c1-4-5-6-9-18(10(2)3)21(19,20)12-8-7-11(15)14(17)13(12)16/h7-8,10H,4-6,9,17H2,1-3H3. The van der Waals surface area contributed by atoms with Crippen LogP contribution in [0.3, 0.4) is 0 Å². The lowest BCUT2D eigenvalue weighted by atomic mass is 10.2. The van der Waals surface area contributed by atoms with Crippen LogP contribution in [0.2, 0.25) is 0 Å². The number of benzene rings is 1. The highest BCUT2D eigenvalue weighted by Gasteiger charge is 2.30. The molecule has 0 unspecified atom stereocenters. The molecule has 0 atom stereocenters. The fraction of sp³-hybridized carbons (Fsp3) is 0.571. The Morgan fingerprint density at radius 3 is 2.38 bits per heavy atom. The molecule has 0 bridgehead atoms. The second-order valence-corrected chi connectivity index (χ2v) is 7.05. The van der Waals surface area contributed by atoms with E-state index >= 15 is 0 Å². The van der Waals surface area contributed by atoms with Crippen molar-refractivity contribution in [3.8, 4) is 0 Å². The average Bonchev–Trinajstić information content (AvgIpc) is 2.40. The summed E-state index contributed by atoms with van der Waals surface area (Å²) in [5.41, 5.74) is 4.47. The lowest BCUT2D eigenvalue weighted by Gasteiger charge is -2.26. The third-order valence-corrected chi connectivity index (χ3v) is 5.33. The summed E-state index contributed by atoms with van der Waals surface area (Å²) in [5.74, 6) is -2.19. The van der Waals surface area contributed by atoms with Gasteiger partial charge in [-0.2, -0.15) is 4.31 Å². The lowest BCUT2D eigenvalue weighted by Crippen LogP contribution is -2.38. The van der Waals surface area contributed by atoms with Gasteiger partial charge in [-0.05, 0) is 32.4 Å². The van der Waals surface area contributed by atoms with Crippen molar-refractivity contribution < 1.29 is 17.2 Å². The number of sulfonamides is 1. The van der Waals surface area contributed by atoms with Crippen molar-refractivity contribution >= 4 is 15.7 Å². The Morgan fingerprint density at radius 2 is 1.86 bits per heavy atom. The summed E-state index contributed by atoms with van der Waals surface area (Å²) in [6.45, 7) is 5.74. The maximum Gasteiger partial charge on any atom is 0.246 e. The first-order chi connectivity index (χ1) is 9.73. The van der Waals surface area contributed by atoms with Crippen molar-refractivity contribution in [1.82, 2.24) is 4.31 Å². The van der Waals surface area contributed by atoms with Gasteiger partial charge in [0, 0.05) is 12.6 Å². The number of hydrogen-bond acceptors (Lipinski definition) is 3. The average molecular weight is 320 g/mol. The Balaban J connectivity index is 3.20. The van der Waals surface area contributed by atoms with Crippen molar-refractivity contribution in [2.75, 3.05) is 12.3 Å². The predicted octanol–water partition coefficient (Wildman–Crippen LogP) is 3.14. The van der Waals surface area contributed by atoms with Gasteiger partial charge in [0.15, 0.2) is 5.82 Å². The van der Waals surface area contributed by atoms with Crippen LogP contribution in [0.1, 0.15) is 40.0 Å². The van der Waals surface area contributed by atoms with E-state index in [-0.39, 0.29) is 6.04 Å². The minimum atomic E-state index is -4.04. The summed E-state index contributed by atoms with van der Waals surface area (Å²) in [6, 6.07) is 1.47. The van der Waals surface area contributed by atoms with Gasteiger partial charge in [-0.15, -0.1) is 0 Å². The van der Waals surface area contributed by atoms with E-state index < -0.39 is 32.2 Å². The largest absolute Gasteiger partial charge is 0.394 e. The summed E-state index contributed by atoms with van der Waals surface area (Å²) in [4.78, 5) is -0.577. The van der Waals surface area contributed by atoms with E-state index in [0.717, 1.165) is 25.0 Å². The van der Waals surface area contributed by atoms with Gasteiger partial charge in [-0.1, -0.05) is 19.8 Å². The van der Waals surface area contributed by atoms with Gasteiger partial charge in [0.25, 0.3) is 0 Å². The molecule has 0 saturated carbocycles. The van der Waals surface area contributed by atoms with E-state index in [4.69, 9.17) is 5.73 Å². The number of nitrogens with zero attached hydrogens (tertiary/aromatic N) is 1. The van der Waals surface area contributed by atoms with Crippen LogP contribution in [0, 0.1) is 11.6 Å². The second kappa shape index (κ2) is 7.17. The molecule has 0 saturated heterocycles. The topological polar surface area (TPSA) is 63.4 Å². The molecule has 0 aromatic heterocycles. The second-order valence-electron chi connectivity index (χ2n) is 5.19. The quantitative estimate of drug-likeness (QED) is 0.620. The van der Waals surface area contributed by atoms with Crippen LogP contribution in [-0.4, -0.2) is 25.3 Å². The summed E-state index contributed by atoms with van der Waals surface area (Å²) < 4.78 is 53.5. The molecular formula is C14H22F2N2O2S. The lowest BCUT2D eigenvalue weighted by molar-refractivity contribution is 0.344. The first-order valence-electron chi connectivity index (χ1n) is 6.98. The zero-order valence-electron chi connectivity index (χ0n) is 12.6. The Morgan fingerprint density at radius 1 is 1.24 bits per heavy atom.